The van der Waals surface area contributed by atoms with E-state index in [-0.39, 0.29) is 30.1 Å². The molecule has 5 nitrogen and oxygen atoms in total. The Morgan fingerprint density at radius 3 is 2.14 bits per heavy atom. The van der Waals surface area contributed by atoms with Gasteiger partial charge in [0.1, 0.15) is 0 Å². The molecule has 0 fully saturated rings. The van der Waals surface area contributed by atoms with E-state index in [4.69, 9.17) is 10.9 Å². The number of nitrogens with zero attached hydrogens (tertiary/aromatic N) is 1. The molecular formula is C16H32N2O3. The van der Waals surface area contributed by atoms with Crippen LogP contribution in [0.4, 0.5) is 0 Å². The first-order valence-corrected chi connectivity index (χ1v) is 7.95. The van der Waals surface area contributed by atoms with E-state index in [0.29, 0.717) is 18.9 Å². The Kier molecular flexibility index (Phi) is 9.26. The number of nitrogens with two attached hydrogens (primary N) is 1. The Bertz CT molecular complexity index is 331. The van der Waals surface area contributed by atoms with E-state index in [0.717, 1.165) is 12.8 Å². The van der Waals surface area contributed by atoms with Crippen molar-refractivity contribution in [3.8, 4) is 0 Å². The van der Waals surface area contributed by atoms with Crippen LogP contribution >= 0.6 is 0 Å². The standard InChI is InChI=1S/C16H32N2O3/c1-6-7-12(4)13(5)14(9-16(20)21)10-18(17)15(19)8-11(2)3/h11-14H,6-10,17H2,1-5H3,(H,20,21). The molecule has 0 aliphatic heterocycles. The number of aliphatic carboxylic acids is 1. The van der Waals surface area contributed by atoms with Gasteiger partial charge in [-0.3, -0.25) is 14.6 Å². The predicted octanol–water partition coefficient (Wildman–Crippen LogP) is 2.90. The molecule has 0 aromatic carbocycles. The lowest BCUT2D eigenvalue weighted by Gasteiger charge is -2.31. The normalized spacial score (nSPS) is 15.6. The van der Waals surface area contributed by atoms with Crippen molar-refractivity contribution < 1.29 is 14.7 Å². The second-order valence-electron chi connectivity index (χ2n) is 6.63. The van der Waals surface area contributed by atoms with Crippen LogP contribution in [0.1, 0.15) is 60.3 Å². The lowest BCUT2D eigenvalue weighted by molar-refractivity contribution is -0.141. The minimum atomic E-state index is -0.833. The summed E-state index contributed by atoms with van der Waals surface area (Å²) in [6.07, 6.45) is 2.58. The largest absolute Gasteiger partial charge is 0.481 e. The first-order valence-electron chi connectivity index (χ1n) is 7.95. The van der Waals surface area contributed by atoms with Gasteiger partial charge >= 0.3 is 5.97 Å². The molecule has 0 aromatic rings. The van der Waals surface area contributed by atoms with Crippen molar-refractivity contribution in [2.24, 2.45) is 29.5 Å². The maximum atomic E-state index is 11.9. The second-order valence-corrected chi connectivity index (χ2v) is 6.63. The predicted molar refractivity (Wildman–Crippen MR) is 84.3 cm³/mol. The van der Waals surface area contributed by atoms with Gasteiger partial charge in [0.05, 0.1) is 6.42 Å². The number of carboxylic acids is 1. The first-order chi connectivity index (χ1) is 9.68. The van der Waals surface area contributed by atoms with Gasteiger partial charge in [-0.25, -0.2) is 5.84 Å². The zero-order valence-electron chi connectivity index (χ0n) is 14.1. The van der Waals surface area contributed by atoms with Crippen molar-refractivity contribution in [3.05, 3.63) is 0 Å². The third-order valence-corrected chi connectivity index (χ3v) is 4.16. The summed E-state index contributed by atoms with van der Waals surface area (Å²) in [5.74, 6) is 5.68. The van der Waals surface area contributed by atoms with Crippen LogP contribution in [0.15, 0.2) is 0 Å². The van der Waals surface area contributed by atoms with Gasteiger partial charge < -0.3 is 5.11 Å². The van der Waals surface area contributed by atoms with Crippen LogP contribution in [0.25, 0.3) is 0 Å². The molecule has 0 aromatic heterocycles. The second kappa shape index (κ2) is 9.77. The minimum Gasteiger partial charge on any atom is -0.481 e. The molecule has 3 N–H and O–H groups in total. The molecular weight excluding hydrogens is 268 g/mol. The minimum absolute atomic E-state index is 0.0535. The van der Waals surface area contributed by atoms with Gasteiger partial charge in [0.2, 0.25) is 5.91 Å². The van der Waals surface area contributed by atoms with Crippen LogP contribution in [0, 0.1) is 23.7 Å². The van der Waals surface area contributed by atoms with Crippen LogP contribution in [0.3, 0.4) is 0 Å². The molecule has 21 heavy (non-hydrogen) atoms. The molecule has 124 valence electrons. The molecule has 0 saturated carbocycles. The molecule has 0 bridgehead atoms. The zero-order valence-corrected chi connectivity index (χ0v) is 14.1. The molecule has 0 aliphatic rings. The highest BCUT2D eigenvalue weighted by atomic mass is 16.4. The van der Waals surface area contributed by atoms with E-state index in [2.05, 4.69) is 20.8 Å². The molecule has 0 spiro atoms. The van der Waals surface area contributed by atoms with Gasteiger partial charge in [0.15, 0.2) is 0 Å². The van der Waals surface area contributed by atoms with E-state index in [9.17, 15) is 9.59 Å². The number of rotatable bonds is 10. The number of hydrogen-bond acceptors (Lipinski definition) is 3. The highest BCUT2D eigenvalue weighted by molar-refractivity contribution is 5.75. The first kappa shape index (κ1) is 19.9. The van der Waals surface area contributed by atoms with Crippen LogP contribution < -0.4 is 5.84 Å². The van der Waals surface area contributed by atoms with Gasteiger partial charge in [-0.1, -0.05) is 47.5 Å². The van der Waals surface area contributed by atoms with Crippen molar-refractivity contribution in [3.63, 3.8) is 0 Å². The average molecular weight is 300 g/mol. The van der Waals surface area contributed by atoms with Crippen LogP contribution in [-0.2, 0) is 9.59 Å². The SMILES string of the molecule is CCCC(C)C(C)C(CC(=O)O)CN(N)C(=O)CC(C)C. The van der Waals surface area contributed by atoms with Gasteiger partial charge in [0.25, 0.3) is 0 Å². The lowest BCUT2D eigenvalue weighted by atomic mass is 9.80. The lowest BCUT2D eigenvalue weighted by Crippen LogP contribution is -2.43. The van der Waals surface area contributed by atoms with E-state index in [1.54, 1.807) is 0 Å². The Hall–Kier alpha value is -1.10. The average Bonchev–Trinajstić information content (AvgIpc) is 2.35. The summed E-state index contributed by atoms with van der Waals surface area (Å²) in [7, 11) is 0. The highest BCUT2D eigenvalue weighted by Crippen LogP contribution is 2.27. The maximum absolute atomic E-state index is 11.9. The van der Waals surface area contributed by atoms with E-state index >= 15 is 0 Å². The molecule has 3 unspecified atom stereocenters. The summed E-state index contributed by atoms with van der Waals surface area (Å²) in [6, 6.07) is 0. The molecule has 0 heterocycles. The third-order valence-electron chi connectivity index (χ3n) is 4.16. The van der Waals surface area contributed by atoms with Crippen LogP contribution in [0.5, 0.6) is 0 Å². The number of carbonyl (C=O) groups is 2. The Morgan fingerprint density at radius 2 is 1.71 bits per heavy atom. The molecule has 0 radical (unpaired) electrons. The molecule has 0 aliphatic carbocycles. The highest BCUT2D eigenvalue weighted by Gasteiger charge is 2.27. The van der Waals surface area contributed by atoms with Crippen molar-refractivity contribution in [1.29, 1.82) is 0 Å². The fourth-order valence-electron chi connectivity index (χ4n) is 2.64. The fourth-order valence-corrected chi connectivity index (χ4v) is 2.64. The van der Waals surface area contributed by atoms with Crippen molar-refractivity contribution >= 4 is 11.9 Å². The summed E-state index contributed by atoms with van der Waals surface area (Å²) < 4.78 is 0. The van der Waals surface area contributed by atoms with Gasteiger partial charge in [-0.05, 0) is 23.7 Å². The quantitative estimate of drug-likeness (QED) is 0.369. The van der Waals surface area contributed by atoms with Crippen molar-refractivity contribution in [2.45, 2.75) is 60.3 Å². The Morgan fingerprint density at radius 1 is 1.14 bits per heavy atom. The molecule has 1 amide bonds. The topological polar surface area (TPSA) is 83.6 Å². The maximum Gasteiger partial charge on any atom is 0.303 e. The van der Waals surface area contributed by atoms with Crippen LogP contribution in [0.2, 0.25) is 0 Å². The number of hydrazine groups is 1. The third kappa shape index (κ3) is 8.05. The van der Waals surface area contributed by atoms with E-state index in [1.165, 1.54) is 5.01 Å². The van der Waals surface area contributed by atoms with E-state index < -0.39 is 5.97 Å². The zero-order chi connectivity index (χ0) is 16.6. The van der Waals surface area contributed by atoms with Crippen LogP contribution in [-0.4, -0.2) is 28.5 Å². The molecule has 5 heteroatoms. The summed E-state index contributed by atoms with van der Waals surface area (Å²) >= 11 is 0. The molecule has 0 saturated heterocycles. The Balaban J connectivity index is 4.75. The summed E-state index contributed by atoms with van der Waals surface area (Å²) in [6.45, 7) is 10.6. The Labute approximate surface area is 128 Å². The van der Waals surface area contributed by atoms with Gasteiger partial charge in [-0.2, -0.15) is 0 Å². The monoisotopic (exact) mass is 300 g/mol. The van der Waals surface area contributed by atoms with E-state index in [1.807, 2.05) is 13.8 Å². The smallest absolute Gasteiger partial charge is 0.303 e. The summed E-state index contributed by atoms with van der Waals surface area (Å²) in [5.41, 5.74) is 0. The molecule has 3 atom stereocenters. The molecule has 0 rings (SSSR count). The number of amides is 1. The fraction of sp³-hybridized carbons (Fsp3) is 0.875. The van der Waals surface area contributed by atoms with Gasteiger partial charge in [-0.15, -0.1) is 0 Å². The summed E-state index contributed by atoms with van der Waals surface area (Å²) in [5, 5.41) is 10.3. The number of carbonyl (C=O) groups excluding carboxylic acids is 1. The number of carboxylic acid groups (broad SMARTS) is 1. The summed E-state index contributed by atoms with van der Waals surface area (Å²) in [4.78, 5) is 23.0. The van der Waals surface area contributed by atoms with Gasteiger partial charge in [0, 0.05) is 13.0 Å². The van der Waals surface area contributed by atoms with Crippen molar-refractivity contribution in [2.75, 3.05) is 6.54 Å². The number of hydrogen-bond donors (Lipinski definition) is 2. The van der Waals surface area contributed by atoms with Crippen molar-refractivity contribution in [1.82, 2.24) is 5.01 Å².